The number of amides is 1. The molecule has 1 aromatic heterocycles. The van der Waals surface area contributed by atoms with Gasteiger partial charge in [0.15, 0.2) is 0 Å². The molecular formula is C11H15N3O3. The van der Waals surface area contributed by atoms with E-state index in [4.69, 9.17) is 9.84 Å². The van der Waals surface area contributed by atoms with Gasteiger partial charge in [0.05, 0.1) is 7.11 Å². The van der Waals surface area contributed by atoms with Gasteiger partial charge in [0.1, 0.15) is 11.6 Å². The summed E-state index contributed by atoms with van der Waals surface area (Å²) in [4.78, 5) is 18.5. The molecule has 17 heavy (non-hydrogen) atoms. The average molecular weight is 237 g/mol. The highest BCUT2D eigenvalue weighted by Crippen LogP contribution is 2.19. The fourth-order valence-electron chi connectivity index (χ4n) is 1.83. The zero-order chi connectivity index (χ0) is 12.3. The van der Waals surface area contributed by atoms with Crippen molar-refractivity contribution >= 4 is 11.9 Å². The van der Waals surface area contributed by atoms with Crippen LogP contribution in [0.2, 0.25) is 0 Å². The summed E-state index contributed by atoms with van der Waals surface area (Å²) >= 11 is 0. The molecule has 1 N–H and O–H groups in total. The van der Waals surface area contributed by atoms with Crippen molar-refractivity contribution in [2.24, 2.45) is 0 Å². The van der Waals surface area contributed by atoms with Gasteiger partial charge in [-0.25, -0.2) is 9.78 Å². The molecule has 6 nitrogen and oxygen atoms in total. The van der Waals surface area contributed by atoms with Gasteiger partial charge >= 0.3 is 6.09 Å². The summed E-state index contributed by atoms with van der Waals surface area (Å²) in [5.74, 6) is 1.59. The highest BCUT2D eigenvalue weighted by atomic mass is 16.5. The van der Waals surface area contributed by atoms with E-state index in [9.17, 15) is 4.79 Å². The lowest BCUT2D eigenvalue weighted by Gasteiger charge is -2.33. The van der Waals surface area contributed by atoms with Gasteiger partial charge in [-0.1, -0.05) is 0 Å². The summed E-state index contributed by atoms with van der Waals surface area (Å²) in [6.07, 6.45) is 0.834. The zero-order valence-corrected chi connectivity index (χ0v) is 9.67. The second-order valence-electron chi connectivity index (χ2n) is 3.81. The van der Waals surface area contributed by atoms with Crippen LogP contribution in [0.1, 0.15) is 0 Å². The lowest BCUT2D eigenvalue weighted by molar-refractivity contribution is 0.142. The monoisotopic (exact) mass is 237 g/mol. The van der Waals surface area contributed by atoms with E-state index in [1.54, 1.807) is 19.4 Å². The lowest BCUT2D eigenvalue weighted by Crippen LogP contribution is -2.48. The minimum Gasteiger partial charge on any atom is -0.497 e. The molecule has 0 saturated carbocycles. The predicted molar refractivity (Wildman–Crippen MR) is 62.6 cm³/mol. The highest BCUT2D eigenvalue weighted by molar-refractivity contribution is 5.65. The Hall–Kier alpha value is -1.98. The normalized spacial score (nSPS) is 15.8. The maximum Gasteiger partial charge on any atom is 0.407 e. The Labute approximate surface area is 99.4 Å². The number of carboxylic acid groups (broad SMARTS) is 1. The number of nitrogens with zero attached hydrogens (tertiary/aromatic N) is 3. The summed E-state index contributed by atoms with van der Waals surface area (Å²) in [7, 11) is 1.61. The van der Waals surface area contributed by atoms with Gasteiger partial charge in [0, 0.05) is 38.4 Å². The molecular weight excluding hydrogens is 222 g/mol. The van der Waals surface area contributed by atoms with Crippen LogP contribution in [-0.2, 0) is 0 Å². The van der Waals surface area contributed by atoms with Crippen molar-refractivity contribution in [2.75, 3.05) is 38.2 Å². The maximum absolute atomic E-state index is 10.8. The van der Waals surface area contributed by atoms with Gasteiger partial charge in [-0.2, -0.15) is 0 Å². The first-order chi connectivity index (χ1) is 8.20. The van der Waals surface area contributed by atoms with Crippen molar-refractivity contribution in [1.82, 2.24) is 9.88 Å². The molecule has 6 heteroatoms. The number of rotatable bonds is 2. The minimum absolute atomic E-state index is 0.508. The summed E-state index contributed by atoms with van der Waals surface area (Å²) in [5, 5.41) is 8.85. The number of ether oxygens (including phenoxy) is 1. The van der Waals surface area contributed by atoms with Crippen molar-refractivity contribution in [3.8, 4) is 5.75 Å². The summed E-state index contributed by atoms with van der Waals surface area (Å²) < 4.78 is 5.13. The number of piperazine rings is 1. The average Bonchev–Trinajstić information content (AvgIpc) is 2.39. The summed E-state index contributed by atoms with van der Waals surface area (Å²) in [6.45, 7) is 2.33. The Morgan fingerprint density at radius 3 is 2.71 bits per heavy atom. The third kappa shape index (κ3) is 2.58. The second kappa shape index (κ2) is 4.90. The Balaban J connectivity index is 2.02. The van der Waals surface area contributed by atoms with Crippen LogP contribution >= 0.6 is 0 Å². The number of methoxy groups -OCH3 is 1. The van der Waals surface area contributed by atoms with Crippen molar-refractivity contribution in [3.63, 3.8) is 0 Å². The Bertz CT molecular complexity index is 403. The highest BCUT2D eigenvalue weighted by Gasteiger charge is 2.21. The van der Waals surface area contributed by atoms with E-state index in [-0.39, 0.29) is 0 Å². The molecule has 92 valence electrons. The Morgan fingerprint density at radius 1 is 1.41 bits per heavy atom. The van der Waals surface area contributed by atoms with Gasteiger partial charge in [-0.05, 0) is 6.07 Å². The molecule has 0 unspecified atom stereocenters. The first-order valence-corrected chi connectivity index (χ1v) is 5.43. The minimum atomic E-state index is -0.858. The van der Waals surface area contributed by atoms with Crippen LogP contribution in [0.3, 0.4) is 0 Å². The fraction of sp³-hybridized carbons (Fsp3) is 0.455. The topological polar surface area (TPSA) is 65.9 Å². The van der Waals surface area contributed by atoms with Gasteiger partial charge < -0.3 is 19.6 Å². The van der Waals surface area contributed by atoms with Crippen LogP contribution in [0.25, 0.3) is 0 Å². The quantitative estimate of drug-likeness (QED) is 0.827. The largest absolute Gasteiger partial charge is 0.497 e. The number of aromatic nitrogens is 1. The first-order valence-electron chi connectivity index (χ1n) is 5.43. The van der Waals surface area contributed by atoms with Gasteiger partial charge in [0.2, 0.25) is 0 Å². The van der Waals surface area contributed by atoms with Crippen LogP contribution in [0.5, 0.6) is 5.75 Å². The standard InChI is InChI=1S/C11H15N3O3/c1-17-9-2-3-12-10(8-9)13-4-6-14(7-5-13)11(15)16/h2-3,8H,4-7H2,1H3,(H,15,16). The van der Waals surface area contributed by atoms with Crippen molar-refractivity contribution < 1.29 is 14.6 Å². The molecule has 0 aromatic carbocycles. The van der Waals surface area contributed by atoms with E-state index in [0.29, 0.717) is 26.2 Å². The van der Waals surface area contributed by atoms with Crippen LogP contribution in [0, 0.1) is 0 Å². The zero-order valence-electron chi connectivity index (χ0n) is 9.67. The van der Waals surface area contributed by atoms with Gasteiger partial charge in [0.25, 0.3) is 0 Å². The third-order valence-electron chi connectivity index (χ3n) is 2.83. The molecule has 0 bridgehead atoms. The molecule has 0 aliphatic carbocycles. The number of hydrogen-bond donors (Lipinski definition) is 1. The molecule has 1 amide bonds. The molecule has 1 fully saturated rings. The first kappa shape index (κ1) is 11.5. The second-order valence-corrected chi connectivity index (χ2v) is 3.81. The molecule has 0 radical (unpaired) electrons. The van der Waals surface area contributed by atoms with Crippen LogP contribution in [0.4, 0.5) is 10.6 Å². The van der Waals surface area contributed by atoms with E-state index >= 15 is 0 Å². The van der Waals surface area contributed by atoms with Crippen molar-refractivity contribution in [2.45, 2.75) is 0 Å². The molecule has 1 aliphatic rings. The number of anilines is 1. The summed E-state index contributed by atoms with van der Waals surface area (Å²) in [5.41, 5.74) is 0. The lowest BCUT2D eigenvalue weighted by atomic mass is 10.3. The molecule has 2 rings (SSSR count). The van der Waals surface area contributed by atoms with E-state index in [0.717, 1.165) is 11.6 Å². The van der Waals surface area contributed by atoms with E-state index < -0.39 is 6.09 Å². The van der Waals surface area contributed by atoms with E-state index in [1.165, 1.54) is 4.90 Å². The van der Waals surface area contributed by atoms with Crippen LogP contribution in [-0.4, -0.2) is 54.4 Å². The molecule has 0 spiro atoms. The molecule has 1 aliphatic heterocycles. The van der Waals surface area contributed by atoms with E-state index in [2.05, 4.69) is 9.88 Å². The molecule has 1 aromatic rings. The Morgan fingerprint density at radius 2 is 2.12 bits per heavy atom. The Kier molecular flexibility index (Phi) is 3.32. The summed E-state index contributed by atoms with van der Waals surface area (Å²) in [6, 6.07) is 3.65. The fourth-order valence-corrected chi connectivity index (χ4v) is 1.83. The van der Waals surface area contributed by atoms with Crippen LogP contribution in [0.15, 0.2) is 18.3 Å². The van der Waals surface area contributed by atoms with E-state index in [1.807, 2.05) is 6.07 Å². The van der Waals surface area contributed by atoms with Gasteiger partial charge in [-0.15, -0.1) is 0 Å². The molecule has 2 heterocycles. The van der Waals surface area contributed by atoms with Crippen molar-refractivity contribution in [3.05, 3.63) is 18.3 Å². The number of hydrogen-bond acceptors (Lipinski definition) is 4. The molecule has 1 saturated heterocycles. The third-order valence-corrected chi connectivity index (χ3v) is 2.83. The number of carbonyl (C=O) groups is 1. The molecule has 0 atom stereocenters. The SMILES string of the molecule is COc1ccnc(N2CCN(C(=O)O)CC2)c1. The van der Waals surface area contributed by atoms with Gasteiger partial charge in [-0.3, -0.25) is 0 Å². The maximum atomic E-state index is 10.8. The predicted octanol–water partition coefficient (Wildman–Crippen LogP) is 0.890. The van der Waals surface area contributed by atoms with Crippen molar-refractivity contribution in [1.29, 1.82) is 0 Å². The van der Waals surface area contributed by atoms with Crippen LogP contribution < -0.4 is 9.64 Å². The smallest absolute Gasteiger partial charge is 0.407 e. The number of pyridine rings is 1.